The zero-order valence-corrected chi connectivity index (χ0v) is 10.3. The van der Waals surface area contributed by atoms with E-state index in [1.54, 1.807) is 0 Å². The molecule has 1 aliphatic heterocycles. The van der Waals surface area contributed by atoms with Gasteiger partial charge in [-0.05, 0) is 36.7 Å². The Labute approximate surface area is 108 Å². The molecule has 1 unspecified atom stereocenters. The Bertz CT molecular complexity index is 441. The first-order valence-corrected chi connectivity index (χ1v) is 5.97. The van der Waals surface area contributed by atoms with Gasteiger partial charge in [-0.3, -0.25) is 0 Å². The van der Waals surface area contributed by atoms with Crippen molar-refractivity contribution in [2.24, 2.45) is 0 Å². The minimum atomic E-state index is -4.39. The molecule has 1 aromatic rings. The van der Waals surface area contributed by atoms with E-state index in [-0.39, 0.29) is 11.4 Å². The molecule has 1 fully saturated rings. The first-order valence-electron chi connectivity index (χ1n) is 5.59. The van der Waals surface area contributed by atoms with Crippen LogP contribution < -0.4 is 5.32 Å². The molecule has 1 heterocycles. The van der Waals surface area contributed by atoms with Crippen LogP contribution in [-0.4, -0.2) is 23.8 Å². The van der Waals surface area contributed by atoms with Crippen LogP contribution in [0.4, 0.5) is 13.2 Å². The second-order valence-corrected chi connectivity index (χ2v) is 5.04. The number of rotatable bonds is 2. The average Bonchev–Trinajstić information content (AvgIpc) is 2.67. The zero-order valence-electron chi connectivity index (χ0n) is 9.52. The van der Waals surface area contributed by atoms with Gasteiger partial charge in [0.25, 0.3) is 0 Å². The maximum absolute atomic E-state index is 12.6. The number of hydrogen-bond donors (Lipinski definition) is 2. The van der Waals surface area contributed by atoms with Crippen molar-refractivity contribution in [3.8, 4) is 0 Å². The average molecular weight is 280 g/mol. The second kappa shape index (κ2) is 4.72. The van der Waals surface area contributed by atoms with Gasteiger partial charge < -0.3 is 10.4 Å². The summed E-state index contributed by atoms with van der Waals surface area (Å²) in [7, 11) is 0. The molecule has 1 aliphatic rings. The Morgan fingerprint density at radius 3 is 2.67 bits per heavy atom. The molecule has 100 valence electrons. The van der Waals surface area contributed by atoms with Crippen molar-refractivity contribution in [1.29, 1.82) is 0 Å². The summed E-state index contributed by atoms with van der Waals surface area (Å²) in [5.41, 5.74) is -1.41. The molecule has 0 radical (unpaired) electrons. The number of benzene rings is 1. The molecule has 1 atom stereocenters. The minimum absolute atomic E-state index is 0.128. The van der Waals surface area contributed by atoms with E-state index in [0.717, 1.165) is 12.1 Å². The fourth-order valence-electron chi connectivity index (χ4n) is 2.12. The summed E-state index contributed by atoms with van der Waals surface area (Å²) in [4.78, 5) is 0. The molecule has 0 bridgehead atoms. The van der Waals surface area contributed by atoms with E-state index in [1.807, 2.05) is 0 Å². The van der Waals surface area contributed by atoms with Gasteiger partial charge in [-0.15, -0.1) is 0 Å². The largest absolute Gasteiger partial charge is 0.416 e. The first-order chi connectivity index (χ1) is 8.30. The van der Waals surface area contributed by atoms with Gasteiger partial charge in [0.05, 0.1) is 11.2 Å². The molecular formula is C12H13ClF3NO. The summed E-state index contributed by atoms with van der Waals surface area (Å²) in [5.74, 6) is 0. The van der Waals surface area contributed by atoms with Crippen molar-refractivity contribution in [2.45, 2.75) is 24.6 Å². The van der Waals surface area contributed by atoms with Crippen LogP contribution in [0.1, 0.15) is 17.5 Å². The molecule has 2 rings (SSSR count). The third-order valence-electron chi connectivity index (χ3n) is 3.11. The summed E-state index contributed by atoms with van der Waals surface area (Å²) in [6.07, 6.45) is -3.75. The van der Waals surface area contributed by atoms with Gasteiger partial charge in [0.15, 0.2) is 0 Å². The monoisotopic (exact) mass is 279 g/mol. The number of alkyl halides is 3. The Morgan fingerprint density at radius 1 is 1.39 bits per heavy atom. The number of β-amino-alcohol motifs (C(OH)–C–C–N with tert-alkyl or cyclic N) is 1. The van der Waals surface area contributed by atoms with Crippen LogP contribution in [0.5, 0.6) is 0 Å². The second-order valence-electron chi connectivity index (χ2n) is 4.63. The van der Waals surface area contributed by atoms with Gasteiger partial charge in [-0.1, -0.05) is 11.6 Å². The lowest BCUT2D eigenvalue weighted by Crippen LogP contribution is -2.34. The highest BCUT2D eigenvalue weighted by atomic mass is 35.5. The van der Waals surface area contributed by atoms with Crippen LogP contribution in [0.25, 0.3) is 0 Å². The third kappa shape index (κ3) is 2.96. The molecule has 0 saturated carbocycles. The maximum atomic E-state index is 12.6. The topological polar surface area (TPSA) is 32.3 Å². The summed E-state index contributed by atoms with van der Waals surface area (Å²) < 4.78 is 37.8. The lowest BCUT2D eigenvalue weighted by Gasteiger charge is -2.22. The Hall–Kier alpha value is -0.780. The lowest BCUT2D eigenvalue weighted by molar-refractivity contribution is -0.137. The van der Waals surface area contributed by atoms with E-state index in [2.05, 4.69) is 5.32 Å². The Morgan fingerprint density at radius 2 is 2.11 bits per heavy atom. The third-order valence-corrected chi connectivity index (χ3v) is 3.48. The molecule has 18 heavy (non-hydrogen) atoms. The fourth-order valence-corrected chi connectivity index (χ4v) is 2.31. The molecule has 6 heteroatoms. The SMILES string of the molecule is OC1(Cc2cc(C(F)(F)F)ccc2Cl)CCNC1. The summed E-state index contributed by atoms with van der Waals surface area (Å²) in [6, 6.07) is 3.19. The molecule has 0 aliphatic carbocycles. The molecule has 0 amide bonds. The van der Waals surface area contributed by atoms with Gasteiger partial charge in [-0.2, -0.15) is 13.2 Å². The predicted octanol–water partition coefficient (Wildman–Crippen LogP) is 2.63. The van der Waals surface area contributed by atoms with Gasteiger partial charge in [0.1, 0.15) is 0 Å². The highest BCUT2D eigenvalue weighted by molar-refractivity contribution is 6.31. The van der Waals surface area contributed by atoms with Crippen molar-refractivity contribution >= 4 is 11.6 Å². The Kier molecular flexibility index (Phi) is 3.58. The molecular weight excluding hydrogens is 267 g/mol. The summed E-state index contributed by atoms with van der Waals surface area (Å²) in [5, 5.41) is 13.4. The van der Waals surface area contributed by atoms with E-state index in [0.29, 0.717) is 25.1 Å². The van der Waals surface area contributed by atoms with Gasteiger partial charge >= 0.3 is 6.18 Å². The van der Waals surface area contributed by atoms with E-state index >= 15 is 0 Å². The minimum Gasteiger partial charge on any atom is -0.388 e. The number of aliphatic hydroxyl groups is 1. The molecule has 2 N–H and O–H groups in total. The molecule has 1 saturated heterocycles. The standard InChI is InChI=1S/C12H13ClF3NO/c13-10-2-1-9(12(14,15)16)5-8(10)6-11(18)3-4-17-7-11/h1-2,5,17-18H,3-4,6-7H2. The lowest BCUT2D eigenvalue weighted by atomic mass is 9.93. The van der Waals surface area contributed by atoms with Gasteiger partial charge in [0.2, 0.25) is 0 Å². The number of hydrogen-bond acceptors (Lipinski definition) is 2. The molecule has 0 aromatic heterocycles. The van der Waals surface area contributed by atoms with Crippen LogP contribution >= 0.6 is 11.6 Å². The zero-order chi connectivity index (χ0) is 13.4. The van der Waals surface area contributed by atoms with E-state index < -0.39 is 17.3 Å². The van der Waals surface area contributed by atoms with Crippen LogP contribution in [0, 0.1) is 0 Å². The summed E-state index contributed by atoms with van der Waals surface area (Å²) >= 11 is 5.89. The van der Waals surface area contributed by atoms with E-state index in [4.69, 9.17) is 11.6 Å². The van der Waals surface area contributed by atoms with Crippen molar-refractivity contribution in [2.75, 3.05) is 13.1 Å². The highest BCUT2D eigenvalue weighted by Crippen LogP contribution is 2.33. The Balaban J connectivity index is 2.27. The predicted molar refractivity (Wildman–Crippen MR) is 62.6 cm³/mol. The van der Waals surface area contributed by atoms with Gasteiger partial charge in [-0.25, -0.2) is 0 Å². The molecule has 0 spiro atoms. The first kappa shape index (κ1) is 13.6. The van der Waals surface area contributed by atoms with Crippen molar-refractivity contribution in [3.63, 3.8) is 0 Å². The van der Waals surface area contributed by atoms with Crippen LogP contribution in [0.2, 0.25) is 5.02 Å². The number of halogens is 4. The van der Waals surface area contributed by atoms with Crippen molar-refractivity contribution in [1.82, 2.24) is 5.32 Å². The molecule has 2 nitrogen and oxygen atoms in total. The molecule has 1 aromatic carbocycles. The van der Waals surface area contributed by atoms with E-state index in [9.17, 15) is 18.3 Å². The number of nitrogens with one attached hydrogen (secondary N) is 1. The normalized spacial score (nSPS) is 24.5. The maximum Gasteiger partial charge on any atom is 0.416 e. The quantitative estimate of drug-likeness (QED) is 0.872. The highest BCUT2D eigenvalue weighted by Gasteiger charge is 2.34. The van der Waals surface area contributed by atoms with Crippen molar-refractivity contribution < 1.29 is 18.3 Å². The van der Waals surface area contributed by atoms with Gasteiger partial charge in [0, 0.05) is 18.0 Å². The van der Waals surface area contributed by atoms with Crippen LogP contribution in [-0.2, 0) is 12.6 Å². The van der Waals surface area contributed by atoms with E-state index in [1.165, 1.54) is 6.07 Å². The van der Waals surface area contributed by atoms with Crippen LogP contribution in [0.15, 0.2) is 18.2 Å². The van der Waals surface area contributed by atoms with Crippen molar-refractivity contribution in [3.05, 3.63) is 34.3 Å². The smallest absolute Gasteiger partial charge is 0.388 e. The fraction of sp³-hybridized carbons (Fsp3) is 0.500. The van der Waals surface area contributed by atoms with Crippen LogP contribution in [0.3, 0.4) is 0 Å². The summed E-state index contributed by atoms with van der Waals surface area (Å²) in [6.45, 7) is 1.03.